The number of hydrogen-bond donors (Lipinski definition) is 0. The molecule has 0 saturated carbocycles. The molecule has 0 unspecified atom stereocenters. The molecule has 0 aliphatic rings. The van der Waals surface area contributed by atoms with E-state index in [2.05, 4.69) is 32.0 Å². The summed E-state index contributed by atoms with van der Waals surface area (Å²) in [7, 11) is 2.02. The van der Waals surface area contributed by atoms with E-state index in [1.165, 1.54) is 11.8 Å². The second-order valence-corrected chi connectivity index (χ2v) is 6.45. The molecular weight excluding hydrogens is 323 g/mol. The lowest BCUT2D eigenvalue weighted by Crippen LogP contribution is -2.06. The lowest BCUT2D eigenvalue weighted by atomic mass is 10.2. The Morgan fingerprint density at radius 2 is 2.12 bits per heavy atom. The Balaban J connectivity index is 1.78. The third-order valence-corrected chi connectivity index (χ3v) is 4.79. The highest BCUT2D eigenvalue weighted by Gasteiger charge is 2.13. The maximum atomic E-state index is 13.3. The molecule has 0 saturated heterocycles. The molecule has 1 aromatic carbocycles. The highest BCUT2D eigenvalue weighted by Crippen LogP contribution is 2.23. The molecular formula is C18H19FN4S. The third-order valence-electron chi connectivity index (χ3n) is 3.75. The summed E-state index contributed by atoms with van der Waals surface area (Å²) in [6.45, 7) is 4.47. The van der Waals surface area contributed by atoms with Crippen molar-refractivity contribution in [2.45, 2.75) is 23.9 Å². The summed E-state index contributed by atoms with van der Waals surface area (Å²) < 4.78 is 17.4. The van der Waals surface area contributed by atoms with Crippen molar-refractivity contribution in [3.8, 4) is 0 Å². The first-order chi connectivity index (χ1) is 11.7. The molecule has 2 heterocycles. The quantitative estimate of drug-likeness (QED) is 0.484. The minimum absolute atomic E-state index is 0.218. The van der Waals surface area contributed by atoms with Gasteiger partial charge in [-0.15, -0.1) is 16.8 Å². The number of thioether (sulfide) groups is 1. The van der Waals surface area contributed by atoms with Gasteiger partial charge in [-0.1, -0.05) is 30.0 Å². The summed E-state index contributed by atoms with van der Waals surface area (Å²) in [6, 6.07) is 10.7. The van der Waals surface area contributed by atoms with Crippen LogP contribution in [0.3, 0.4) is 0 Å². The van der Waals surface area contributed by atoms with E-state index in [1.807, 2.05) is 31.5 Å². The highest BCUT2D eigenvalue weighted by molar-refractivity contribution is 7.98. The molecule has 0 amide bonds. The van der Waals surface area contributed by atoms with Crippen molar-refractivity contribution in [3.63, 3.8) is 0 Å². The van der Waals surface area contributed by atoms with Gasteiger partial charge >= 0.3 is 0 Å². The standard InChI is InChI=1S/C18H19FN4S/c1-3-9-23-17(12-16-8-5-10-22(16)2)20-21-18(23)24-13-14-6-4-7-15(19)11-14/h3-8,10-11H,1,9,12-13H2,2H3. The topological polar surface area (TPSA) is 35.6 Å². The smallest absolute Gasteiger partial charge is 0.191 e. The number of allylic oxidation sites excluding steroid dienone is 1. The number of benzene rings is 1. The van der Waals surface area contributed by atoms with Crippen LogP contribution in [-0.4, -0.2) is 19.3 Å². The molecule has 3 aromatic rings. The largest absolute Gasteiger partial charge is 0.354 e. The van der Waals surface area contributed by atoms with Gasteiger partial charge in [-0.05, 0) is 29.8 Å². The Morgan fingerprint density at radius 3 is 2.83 bits per heavy atom. The van der Waals surface area contributed by atoms with E-state index in [9.17, 15) is 4.39 Å². The van der Waals surface area contributed by atoms with Crippen molar-refractivity contribution in [2.24, 2.45) is 7.05 Å². The lowest BCUT2D eigenvalue weighted by molar-refractivity contribution is 0.626. The average molecular weight is 342 g/mol. The van der Waals surface area contributed by atoms with Gasteiger partial charge in [0.25, 0.3) is 0 Å². The lowest BCUT2D eigenvalue weighted by Gasteiger charge is -2.08. The second-order valence-electron chi connectivity index (χ2n) is 5.50. The van der Waals surface area contributed by atoms with Crippen LogP contribution in [0.5, 0.6) is 0 Å². The van der Waals surface area contributed by atoms with E-state index in [0.717, 1.165) is 16.5 Å². The van der Waals surface area contributed by atoms with Crippen LogP contribution in [0.1, 0.15) is 17.1 Å². The summed E-state index contributed by atoms with van der Waals surface area (Å²) in [6.07, 6.45) is 4.57. The molecule has 0 radical (unpaired) electrons. The van der Waals surface area contributed by atoms with E-state index in [4.69, 9.17) is 0 Å². The molecule has 0 aliphatic heterocycles. The van der Waals surface area contributed by atoms with Crippen LogP contribution < -0.4 is 0 Å². The Labute approximate surface area is 145 Å². The van der Waals surface area contributed by atoms with Gasteiger partial charge in [0.2, 0.25) is 0 Å². The van der Waals surface area contributed by atoms with Gasteiger partial charge in [0, 0.05) is 37.7 Å². The van der Waals surface area contributed by atoms with Crippen molar-refractivity contribution in [1.82, 2.24) is 19.3 Å². The molecule has 4 nitrogen and oxygen atoms in total. The number of halogens is 1. The fraction of sp³-hybridized carbons (Fsp3) is 0.222. The third kappa shape index (κ3) is 3.76. The first kappa shape index (κ1) is 16.5. The van der Waals surface area contributed by atoms with Gasteiger partial charge in [-0.2, -0.15) is 0 Å². The Bertz CT molecular complexity index is 837. The number of nitrogens with zero attached hydrogens (tertiary/aromatic N) is 4. The van der Waals surface area contributed by atoms with E-state index in [-0.39, 0.29) is 5.82 Å². The van der Waals surface area contributed by atoms with E-state index >= 15 is 0 Å². The molecule has 24 heavy (non-hydrogen) atoms. The minimum atomic E-state index is -0.218. The van der Waals surface area contributed by atoms with Crippen molar-refractivity contribution in [1.29, 1.82) is 0 Å². The number of aromatic nitrogens is 4. The predicted molar refractivity (Wildman–Crippen MR) is 94.4 cm³/mol. The van der Waals surface area contributed by atoms with Crippen molar-refractivity contribution in [3.05, 3.63) is 78.1 Å². The van der Waals surface area contributed by atoms with Crippen molar-refractivity contribution >= 4 is 11.8 Å². The van der Waals surface area contributed by atoms with Crippen LogP contribution >= 0.6 is 11.8 Å². The zero-order valence-corrected chi connectivity index (χ0v) is 14.3. The molecule has 6 heteroatoms. The first-order valence-corrected chi connectivity index (χ1v) is 8.66. The minimum Gasteiger partial charge on any atom is -0.354 e. The Morgan fingerprint density at radius 1 is 1.25 bits per heavy atom. The normalized spacial score (nSPS) is 10.9. The first-order valence-electron chi connectivity index (χ1n) is 7.68. The molecule has 0 fully saturated rings. The summed E-state index contributed by atoms with van der Waals surface area (Å²) in [4.78, 5) is 0. The molecule has 0 bridgehead atoms. The molecule has 124 valence electrons. The maximum Gasteiger partial charge on any atom is 0.191 e. The Kier molecular flexibility index (Phi) is 5.15. The average Bonchev–Trinajstić information content (AvgIpc) is 3.14. The molecule has 3 rings (SSSR count). The van der Waals surface area contributed by atoms with Crippen LogP contribution in [-0.2, 0) is 25.8 Å². The number of hydrogen-bond acceptors (Lipinski definition) is 3. The molecule has 0 spiro atoms. The van der Waals surface area contributed by atoms with Gasteiger partial charge in [-0.3, -0.25) is 0 Å². The van der Waals surface area contributed by atoms with Crippen LogP contribution in [0.2, 0.25) is 0 Å². The monoisotopic (exact) mass is 342 g/mol. The SMILES string of the molecule is C=CCn1c(Cc2cccn2C)nnc1SCc1cccc(F)c1. The summed E-state index contributed by atoms with van der Waals surface area (Å²) in [5, 5.41) is 9.47. The van der Waals surface area contributed by atoms with Gasteiger partial charge in [-0.25, -0.2) is 4.39 Å². The van der Waals surface area contributed by atoms with E-state index in [1.54, 1.807) is 23.9 Å². The van der Waals surface area contributed by atoms with Gasteiger partial charge in [0.05, 0.1) is 0 Å². The predicted octanol–water partition coefficient (Wildman–Crippen LogP) is 3.82. The molecule has 0 N–H and O–H groups in total. The number of rotatable bonds is 7. The molecule has 2 aromatic heterocycles. The zero-order chi connectivity index (χ0) is 16.9. The fourth-order valence-corrected chi connectivity index (χ4v) is 3.40. The fourth-order valence-electron chi connectivity index (χ4n) is 2.49. The second kappa shape index (κ2) is 7.49. The number of aryl methyl sites for hydroxylation is 1. The zero-order valence-electron chi connectivity index (χ0n) is 13.5. The van der Waals surface area contributed by atoms with Crippen molar-refractivity contribution < 1.29 is 4.39 Å². The molecule has 0 aliphatic carbocycles. The Hall–Kier alpha value is -2.34. The maximum absolute atomic E-state index is 13.3. The molecule has 0 atom stereocenters. The van der Waals surface area contributed by atoms with E-state index in [0.29, 0.717) is 18.7 Å². The van der Waals surface area contributed by atoms with Gasteiger partial charge in [0.15, 0.2) is 5.16 Å². The highest BCUT2D eigenvalue weighted by atomic mass is 32.2. The summed E-state index contributed by atoms with van der Waals surface area (Å²) >= 11 is 1.55. The van der Waals surface area contributed by atoms with Crippen LogP contribution in [0.25, 0.3) is 0 Å². The summed E-state index contributed by atoms with van der Waals surface area (Å²) in [5.41, 5.74) is 2.10. The van der Waals surface area contributed by atoms with Crippen molar-refractivity contribution in [2.75, 3.05) is 0 Å². The summed E-state index contributed by atoms with van der Waals surface area (Å²) in [5.74, 6) is 1.33. The van der Waals surface area contributed by atoms with Crippen LogP contribution in [0.4, 0.5) is 4.39 Å². The van der Waals surface area contributed by atoms with Gasteiger partial charge in [0.1, 0.15) is 11.6 Å². The van der Waals surface area contributed by atoms with Crippen LogP contribution in [0.15, 0.2) is 60.4 Å². The van der Waals surface area contributed by atoms with Crippen LogP contribution in [0, 0.1) is 5.82 Å². The van der Waals surface area contributed by atoms with Gasteiger partial charge < -0.3 is 9.13 Å². The van der Waals surface area contributed by atoms with E-state index < -0.39 is 0 Å².